The van der Waals surface area contributed by atoms with Crippen molar-refractivity contribution < 1.29 is 4.79 Å². The first-order valence-corrected chi connectivity index (χ1v) is 9.17. The average molecular weight is 349 g/mol. The van der Waals surface area contributed by atoms with Gasteiger partial charge in [-0.15, -0.1) is 0 Å². The van der Waals surface area contributed by atoms with Gasteiger partial charge in [-0.3, -0.25) is 9.78 Å². The van der Waals surface area contributed by atoms with Crippen LogP contribution in [0.2, 0.25) is 0 Å². The Morgan fingerprint density at radius 2 is 1.88 bits per heavy atom. The first-order chi connectivity index (χ1) is 12.8. The van der Waals surface area contributed by atoms with Crippen molar-refractivity contribution in [2.24, 2.45) is 0 Å². The fourth-order valence-corrected chi connectivity index (χ4v) is 3.49. The van der Waals surface area contributed by atoms with Gasteiger partial charge in [0.15, 0.2) is 5.82 Å². The number of nitrogens with one attached hydrogen (secondary N) is 1. The largest absolute Gasteiger partial charge is 0.353 e. The number of hydrogen-bond donors (Lipinski definition) is 1. The zero-order valence-corrected chi connectivity index (χ0v) is 14.8. The number of benzene rings is 1. The summed E-state index contributed by atoms with van der Waals surface area (Å²) < 4.78 is 1.95. The Morgan fingerprint density at radius 3 is 2.69 bits per heavy atom. The summed E-state index contributed by atoms with van der Waals surface area (Å²) in [6.07, 6.45) is 4.28. The van der Waals surface area contributed by atoms with Crippen LogP contribution in [0.5, 0.6) is 0 Å². The van der Waals surface area contributed by atoms with Crippen LogP contribution in [0.1, 0.15) is 12.8 Å². The van der Waals surface area contributed by atoms with Gasteiger partial charge in [0, 0.05) is 19.3 Å². The summed E-state index contributed by atoms with van der Waals surface area (Å²) in [7, 11) is 0. The van der Waals surface area contributed by atoms with E-state index in [1.165, 1.54) is 12.8 Å². The van der Waals surface area contributed by atoms with Crippen molar-refractivity contribution in [1.82, 2.24) is 24.8 Å². The molecule has 0 saturated carbocycles. The number of carbonyl (C=O) groups excluding carboxylic acids is 1. The Bertz CT molecular complexity index is 884. The number of pyridine rings is 1. The summed E-state index contributed by atoms with van der Waals surface area (Å²) in [4.78, 5) is 24.0. The molecule has 4 rings (SSSR count). The number of para-hydroxylation sites is 2. The predicted octanol–water partition coefficient (Wildman–Crippen LogP) is 2.31. The Hall–Kier alpha value is -2.73. The maximum atomic E-state index is 12.5. The van der Waals surface area contributed by atoms with Crippen LogP contribution in [-0.2, 0) is 11.3 Å². The second-order valence-electron chi connectivity index (χ2n) is 6.62. The van der Waals surface area contributed by atoms with E-state index in [4.69, 9.17) is 4.98 Å². The smallest absolute Gasteiger partial charge is 0.240 e. The first kappa shape index (κ1) is 16.7. The van der Waals surface area contributed by atoms with Crippen molar-refractivity contribution in [3.63, 3.8) is 0 Å². The molecule has 1 N–H and O–H groups in total. The van der Waals surface area contributed by atoms with Crippen molar-refractivity contribution in [3.05, 3.63) is 48.7 Å². The second kappa shape index (κ2) is 7.66. The molecule has 0 aliphatic carbocycles. The molecule has 6 heteroatoms. The molecule has 0 unspecified atom stereocenters. The summed E-state index contributed by atoms with van der Waals surface area (Å²) in [5.74, 6) is 0.728. The Labute approximate surface area is 152 Å². The van der Waals surface area contributed by atoms with E-state index in [-0.39, 0.29) is 12.5 Å². The molecule has 26 heavy (non-hydrogen) atoms. The van der Waals surface area contributed by atoms with Gasteiger partial charge in [0.1, 0.15) is 12.2 Å². The van der Waals surface area contributed by atoms with E-state index in [9.17, 15) is 4.79 Å². The lowest BCUT2D eigenvalue weighted by Gasteiger charge is -2.15. The third kappa shape index (κ3) is 3.60. The number of rotatable bonds is 6. The quantitative estimate of drug-likeness (QED) is 0.742. The Balaban J connectivity index is 1.52. The number of hydrogen-bond acceptors (Lipinski definition) is 4. The van der Waals surface area contributed by atoms with Crippen LogP contribution in [0, 0.1) is 0 Å². The Kier molecular flexibility index (Phi) is 4.93. The molecule has 3 aromatic rings. The molecule has 1 aliphatic heterocycles. The van der Waals surface area contributed by atoms with Gasteiger partial charge in [0.05, 0.1) is 11.0 Å². The number of likely N-dealkylation sites (tertiary alicyclic amines) is 1. The number of fused-ring (bicyclic) bond motifs is 1. The van der Waals surface area contributed by atoms with E-state index in [2.05, 4.69) is 15.2 Å². The molecule has 3 heterocycles. The monoisotopic (exact) mass is 349 g/mol. The molecule has 0 spiro atoms. The lowest BCUT2D eigenvalue weighted by atomic mass is 10.3. The normalized spacial score (nSPS) is 14.8. The zero-order chi connectivity index (χ0) is 17.8. The third-order valence-electron chi connectivity index (χ3n) is 4.80. The molecule has 1 saturated heterocycles. The topological polar surface area (TPSA) is 63.1 Å². The van der Waals surface area contributed by atoms with Gasteiger partial charge in [-0.2, -0.15) is 0 Å². The summed E-state index contributed by atoms with van der Waals surface area (Å²) in [6, 6.07) is 13.6. The lowest BCUT2D eigenvalue weighted by molar-refractivity contribution is -0.121. The molecule has 134 valence electrons. The molecule has 0 atom stereocenters. The molecule has 6 nitrogen and oxygen atoms in total. The minimum Gasteiger partial charge on any atom is -0.353 e. The number of imidazole rings is 1. The second-order valence-corrected chi connectivity index (χ2v) is 6.62. The minimum absolute atomic E-state index is 0.00420. The van der Waals surface area contributed by atoms with E-state index >= 15 is 0 Å². The highest BCUT2D eigenvalue weighted by Crippen LogP contribution is 2.23. The fraction of sp³-hybridized carbons (Fsp3) is 0.350. The van der Waals surface area contributed by atoms with Crippen LogP contribution in [0.25, 0.3) is 22.6 Å². The Morgan fingerprint density at radius 1 is 1.08 bits per heavy atom. The maximum absolute atomic E-state index is 12.5. The van der Waals surface area contributed by atoms with Crippen molar-refractivity contribution >= 4 is 16.9 Å². The van der Waals surface area contributed by atoms with Crippen LogP contribution in [0.3, 0.4) is 0 Å². The van der Waals surface area contributed by atoms with Crippen LogP contribution in [0.4, 0.5) is 0 Å². The summed E-state index contributed by atoms with van der Waals surface area (Å²) in [5, 5.41) is 3.04. The molecule has 0 bridgehead atoms. The molecule has 1 amide bonds. The number of amides is 1. The van der Waals surface area contributed by atoms with E-state index < -0.39 is 0 Å². The highest BCUT2D eigenvalue weighted by Gasteiger charge is 2.16. The van der Waals surface area contributed by atoms with Crippen LogP contribution >= 0.6 is 0 Å². The average Bonchev–Trinajstić information content (AvgIpc) is 3.31. The summed E-state index contributed by atoms with van der Waals surface area (Å²) in [6.45, 7) is 4.14. The standard InChI is InChI=1S/C20H23N5O/c26-19(22-11-14-24-12-5-6-13-24)15-25-18-9-2-1-7-16(18)23-20(25)17-8-3-4-10-21-17/h1-4,7-10H,5-6,11-15H2,(H,22,26). The maximum Gasteiger partial charge on any atom is 0.240 e. The van der Waals surface area contributed by atoms with Gasteiger partial charge >= 0.3 is 0 Å². The van der Waals surface area contributed by atoms with Crippen molar-refractivity contribution in [3.8, 4) is 11.5 Å². The first-order valence-electron chi connectivity index (χ1n) is 9.17. The molecule has 2 aromatic heterocycles. The molecular weight excluding hydrogens is 326 g/mol. The molecule has 1 aromatic carbocycles. The van der Waals surface area contributed by atoms with E-state index in [0.29, 0.717) is 6.54 Å². The number of aromatic nitrogens is 3. The van der Waals surface area contributed by atoms with E-state index in [1.807, 2.05) is 47.0 Å². The highest BCUT2D eigenvalue weighted by atomic mass is 16.1. The lowest BCUT2D eigenvalue weighted by Crippen LogP contribution is -2.35. The van der Waals surface area contributed by atoms with Crippen molar-refractivity contribution in [2.45, 2.75) is 19.4 Å². The molecule has 1 fully saturated rings. The zero-order valence-electron chi connectivity index (χ0n) is 14.8. The molecule has 1 aliphatic rings. The van der Waals surface area contributed by atoms with Gasteiger partial charge < -0.3 is 14.8 Å². The van der Waals surface area contributed by atoms with Crippen LogP contribution < -0.4 is 5.32 Å². The van der Waals surface area contributed by atoms with E-state index in [1.54, 1.807) is 6.20 Å². The third-order valence-corrected chi connectivity index (χ3v) is 4.80. The van der Waals surface area contributed by atoms with E-state index in [0.717, 1.165) is 42.2 Å². The summed E-state index contributed by atoms with van der Waals surface area (Å²) in [5.41, 5.74) is 2.59. The van der Waals surface area contributed by atoms with Crippen LogP contribution in [-0.4, -0.2) is 51.5 Å². The van der Waals surface area contributed by atoms with Crippen molar-refractivity contribution in [1.29, 1.82) is 0 Å². The number of carbonyl (C=O) groups is 1. The van der Waals surface area contributed by atoms with Gasteiger partial charge in [-0.05, 0) is 50.2 Å². The highest BCUT2D eigenvalue weighted by molar-refractivity contribution is 5.84. The summed E-state index contributed by atoms with van der Waals surface area (Å²) >= 11 is 0. The number of nitrogens with zero attached hydrogens (tertiary/aromatic N) is 4. The fourth-order valence-electron chi connectivity index (χ4n) is 3.49. The molecule has 0 radical (unpaired) electrons. The van der Waals surface area contributed by atoms with Gasteiger partial charge in [-0.1, -0.05) is 18.2 Å². The van der Waals surface area contributed by atoms with Crippen molar-refractivity contribution in [2.75, 3.05) is 26.2 Å². The van der Waals surface area contributed by atoms with Gasteiger partial charge in [-0.25, -0.2) is 4.98 Å². The van der Waals surface area contributed by atoms with Gasteiger partial charge in [0.25, 0.3) is 0 Å². The van der Waals surface area contributed by atoms with Crippen LogP contribution in [0.15, 0.2) is 48.7 Å². The predicted molar refractivity (Wildman–Crippen MR) is 102 cm³/mol. The van der Waals surface area contributed by atoms with Gasteiger partial charge in [0.2, 0.25) is 5.91 Å². The molecular formula is C20H23N5O. The SMILES string of the molecule is O=C(Cn1c(-c2ccccn2)nc2ccccc21)NCCN1CCCC1. The minimum atomic E-state index is 0.00420.